The predicted molar refractivity (Wildman–Crippen MR) is 111 cm³/mol. The van der Waals surface area contributed by atoms with Crippen LogP contribution in [-0.4, -0.2) is 63.5 Å². The molecule has 1 aliphatic heterocycles. The maximum Gasteiger partial charge on any atom is 0.490 e. The van der Waals surface area contributed by atoms with Crippen LogP contribution in [0.1, 0.15) is 41.1 Å². The van der Waals surface area contributed by atoms with Crippen LogP contribution in [0.25, 0.3) is 0 Å². The zero-order valence-corrected chi connectivity index (χ0v) is 17.8. The van der Waals surface area contributed by atoms with Crippen LogP contribution in [0.2, 0.25) is 0 Å². The number of carboxylic acid groups (broad SMARTS) is 1. The minimum absolute atomic E-state index is 0.191. The summed E-state index contributed by atoms with van der Waals surface area (Å²) < 4.78 is 44.8. The van der Waals surface area contributed by atoms with Crippen molar-refractivity contribution in [1.29, 1.82) is 0 Å². The van der Waals surface area contributed by atoms with Gasteiger partial charge in [-0.2, -0.15) is 13.2 Å². The second kappa shape index (κ2) is 10.7. The molecular formula is C21H23F4N5O4. The Bertz CT molecular complexity index is 980. The number of halogens is 4. The molecule has 1 aromatic carbocycles. The smallest absolute Gasteiger partial charge is 0.475 e. The number of hydrogen-bond acceptors (Lipinski definition) is 7. The van der Waals surface area contributed by atoms with Gasteiger partial charge in [-0.05, 0) is 37.0 Å². The lowest BCUT2D eigenvalue weighted by molar-refractivity contribution is -0.192. The molecule has 2 aliphatic rings. The van der Waals surface area contributed by atoms with E-state index in [1.165, 1.54) is 30.1 Å². The van der Waals surface area contributed by atoms with E-state index < -0.39 is 18.1 Å². The summed E-state index contributed by atoms with van der Waals surface area (Å²) in [6.07, 6.45) is 0.832. The fourth-order valence-electron chi connectivity index (χ4n) is 3.67. The molecule has 1 saturated carbocycles. The topological polar surface area (TPSA) is 128 Å². The fourth-order valence-corrected chi connectivity index (χ4v) is 3.67. The highest BCUT2D eigenvalue weighted by Crippen LogP contribution is 2.41. The number of nitrogens with one attached hydrogen (secondary N) is 2. The van der Waals surface area contributed by atoms with Gasteiger partial charge in [0.25, 0.3) is 5.91 Å². The zero-order valence-electron chi connectivity index (χ0n) is 17.8. The Kier molecular flexibility index (Phi) is 7.99. The highest BCUT2D eigenvalue weighted by Gasteiger charge is 2.40. The van der Waals surface area contributed by atoms with Crippen LogP contribution in [0.5, 0.6) is 0 Å². The maximum atomic E-state index is 13.0. The molecule has 1 aliphatic carbocycles. The van der Waals surface area contributed by atoms with Crippen LogP contribution in [0, 0.1) is 5.82 Å². The summed E-state index contributed by atoms with van der Waals surface area (Å²) in [4.78, 5) is 30.8. The molecule has 4 N–H and O–H groups in total. The van der Waals surface area contributed by atoms with Gasteiger partial charge in [0.1, 0.15) is 5.82 Å². The lowest BCUT2D eigenvalue weighted by Gasteiger charge is -2.32. The normalized spacial score (nSPS) is 20.2. The SMILES string of the molecule is O=C(NO)c1cnc(N2CCC(NC3CC3c3ccc(F)cc3)CC2)nc1.O=C(O)C(F)(F)F. The van der Waals surface area contributed by atoms with E-state index in [1.807, 2.05) is 12.1 Å². The molecule has 1 aromatic heterocycles. The van der Waals surface area contributed by atoms with Crippen molar-refractivity contribution in [3.8, 4) is 0 Å². The second-order valence-corrected chi connectivity index (χ2v) is 7.94. The van der Waals surface area contributed by atoms with Crippen molar-refractivity contribution >= 4 is 17.8 Å². The molecule has 184 valence electrons. The number of anilines is 1. The minimum Gasteiger partial charge on any atom is -0.475 e. The highest BCUT2D eigenvalue weighted by molar-refractivity contribution is 5.92. The van der Waals surface area contributed by atoms with Gasteiger partial charge < -0.3 is 15.3 Å². The van der Waals surface area contributed by atoms with Crippen molar-refractivity contribution in [3.05, 3.63) is 53.6 Å². The van der Waals surface area contributed by atoms with Gasteiger partial charge >= 0.3 is 12.1 Å². The molecule has 13 heteroatoms. The van der Waals surface area contributed by atoms with Gasteiger partial charge in [-0.3, -0.25) is 10.0 Å². The number of aliphatic carboxylic acids is 1. The molecule has 2 unspecified atom stereocenters. The molecule has 0 spiro atoms. The number of alkyl halides is 3. The van der Waals surface area contributed by atoms with E-state index in [-0.39, 0.29) is 11.4 Å². The van der Waals surface area contributed by atoms with E-state index in [1.54, 1.807) is 5.48 Å². The Morgan fingerprint density at radius 2 is 1.62 bits per heavy atom. The number of piperidine rings is 1. The number of benzene rings is 1. The van der Waals surface area contributed by atoms with Crippen molar-refractivity contribution in [1.82, 2.24) is 20.8 Å². The average Bonchev–Trinajstić information content (AvgIpc) is 3.58. The summed E-state index contributed by atoms with van der Waals surface area (Å²) in [6.45, 7) is 1.69. The number of hydroxylamine groups is 1. The second-order valence-electron chi connectivity index (χ2n) is 7.94. The van der Waals surface area contributed by atoms with Crippen molar-refractivity contribution < 1.29 is 37.5 Å². The van der Waals surface area contributed by atoms with Crippen molar-refractivity contribution in [3.63, 3.8) is 0 Å². The van der Waals surface area contributed by atoms with Gasteiger partial charge in [-0.1, -0.05) is 12.1 Å². The van der Waals surface area contributed by atoms with Gasteiger partial charge in [0, 0.05) is 43.5 Å². The number of nitrogens with zero attached hydrogens (tertiary/aromatic N) is 3. The number of carbonyl (C=O) groups excluding carboxylic acids is 1. The third-order valence-electron chi connectivity index (χ3n) is 5.56. The molecule has 9 nitrogen and oxygen atoms in total. The number of carbonyl (C=O) groups is 2. The third kappa shape index (κ3) is 6.84. The third-order valence-corrected chi connectivity index (χ3v) is 5.56. The Balaban J connectivity index is 0.000000406. The Hall–Kier alpha value is -3.32. The largest absolute Gasteiger partial charge is 0.490 e. The van der Waals surface area contributed by atoms with Crippen LogP contribution in [0.4, 0.5) is 23.5 Å². The van der Waals surface area contributed by atoms with E-state index in [2.05, 4.69) is 20.2 Å². The number of rotatable bonds is 5. The first kappa shape index (κ1) is 25.3. The minimum atomic E-state index is -5.08. The van der Waals surface area contributed by atoms with Gasteiger partial charge in [-0.25, -0.2) is 24.6 Å². The van der Waals surface area contributed by atoms with Gasteiger partial charge in [0.15, 0.2) is 0 Å². The lowest BCUT2D eigenvalue weighted by atomic mass is 10.0. The molecule has 1 amide bonds. The van der Waals surface area contributed by atoms with E-state index in [9.17, 15) is 22.4 Å². The zero-order chi connectivity index (χ0) is 24.9. The molecule has 1 saturated heterocycles. The average molecular weight is 485 g/mol. The van der Waals surface area contributed by atoms with Crippen LogP contribution < -0.4 is 15.7 Å². The molecule has 2 aromatic rings. The first-order valence-electron chi connectivity index (χ1n) is 10.4. The molecule has 2 atom stereocenters. The van der Waals surface area contributed by atoms with Crippen LogP contribution in [0.3, 0.4) is 0 Å². The lowest BCUT2D eigenvalue weighted by Crippen LogP contribution is -2.44. The van der Waals surface area contributed by atoms with Crippen molar-refractivity contribution in [2.24, 2.45) is 0 Å². The summed E-state index contributed by atoms with van der Waals surface area (Å²) >= 11 is 0. The Labute approximate surface area is 191 Å². The molecule has 2 fully saturated rings. The number of hydrogen-bond donors (Lipinski definition) is 4. The predicted octanol–water partition coefficient (Wildman–Crippen LogP) is 2.48. The van der Waals surface area contributed by atoms with Crippen molar-refractivity contribution in [2.45, 2.75) is 43.4 Å². The Morgan fingerprint density at radius 3 is 2.12 bits per heavy atom. The van der Waals surface area contributed by atoms with Gasteiger partial charge in [0.05, 0.1) is 5.56 Å². The summed E-state index contributed by atoms with van der Waals surface area (Å²) in [6, 6.07) is 7.73. The molecule has 0 radical (unpaired) electrons. The molecular weight excluding hydrogens is 462 g/mol. The van der Waals surface area contributed by atoms with Crippen LogP contribution in [-0.2, 0) is 4.79 Å². The van der Waals surface area contributed by atoms with E-state index in [4.69, 9.17) is 15.1 Å². The van der Waals surface area contributed by atoms with Gasteiger partial charge in [-0.15, -0.1) is 0 Å². The Morgan fingerprint density at radius 1 is 1.06 bits per heavy atom. The molecule has 0 bridgehead atoms. The molecule has 4 rings (SSSR count). The summed E-state index contributed by atoms with van der Waals surface area (Å²) in [5.74, 6) is -2.49. The summed E-state index contributed by atoms with van der Waals surface area (Å²) in [7, 11) is 0. The molecule has 34 heavy (non-hydrogen) atoms. The summed E-state index contributed by atoms with van der Waals surface area (Å²) in [5.41, 5.74) is 2.99. The molecule has 2 heterocycles. The highest BCUT2D eigenvalue weighted by atomic mass is 19.4. The first-order valence-corrected chi connectivity index (χ1v) is 10.4. The van der Waals surface area contributed by atoms with Crippen molar-refractivity contribution in [2.75, 3.05) is 18.0 Å². The number of carboxylic acids is 1. The number of amides is 1. The summed E-state index contributed by atoms with van der Waals surface area (Å²) in [5, 5.41) is 19.5. The maximum absolute atomic E-state index is 13.0. The standard InChI is InChI=1S/C19H22FN5O2.C2HF3O2/c20-14-3-1-12(2-4-14)16-9-17(16)23-15-5-7-25(8-6-15)19-21-10-13(11-22-19)18(26)24-27;3-2(4,5)1(6)7/h1-4,10-11,15-17,23,27H,5-9H2,(H,24,26);(H,6,7). The van der Waals surface area contributed by atoms with E-state index >= 15 is 0 Å². The first-order chi connectivity index (χ1) is 16.1. The van der Waals surface area contributed by atoms with E-state index in [0.717, 1.165) is 32.4 Å². The fraction of sp³-hybridized carbons (Fsp3) is 0.429. The van der Waals surface area contributed by atoms with Crippen LogP contribution >= 0.6 is 0 Å². The van der Waals surface area contributed by atoms with E-state index in [0.29, 0.717) is 23.9 Å². The number of aromatic nitrogens is 2. The monoisotopic (exact) mass is 485 g/mol. The van der Waals surface area contributed by atoms with Gasteiger partial charge in [0.2, 0.25) is 5.95 Å². The van der Waals surface area contributed by atoms with Crippen LogP contribution in [0.15, 0.2) is 36.7 Å². The quantitative estimate of drug-likeness (QED) is 0.289.